The molecule has 0 radical (unpaired) electrons. The van der Waals surface area contributed by atoms with Crippen LogP contribution < -0.4 is 10.2 Å². The van der Waals surface area contributed by atoms with Crippen LogP contribution in [0.2, 0.25) is 5.02 Å². The predicted molar refractivity (Wildman–Crippen MR) is 90.3 cm³/mol. The summed E-state index contributed by atoms with van der Waals surface area (Å²) in [6, 6.07) is 4.36. The molecule has 1 aromatic rings. The van der Waals surface area contributed by atoms with Crippen molar-refractivity contribution < 1.29 is 5.11 Å². The first-order chi connectivity index (χ1) is 10.0. The van der Waals surface area contributed by atoms with E-state index >= 15 is 0 Å². The third kappa shape index (κ3) is 3.79. The van der Waals surface area contributed by atoms with Gasteiger partial charge in [0.2, 0.25) is 0 Å². The van der Waals surface area contributed by atoms with Gasteiger partial charge in [0.1, 0.15) is 0 Å². The van der Waals surface area contributed by atoms with Gasteiger partial charge in [-0.15, -0.1) is 6.58 Å². The van der Waals surface area contributed by atoms with Crippen molar-refractivity contribution in [2.75, 3.05) is 24.5 Å². The first-order valence-corrected chi connectivity index (χ1v) is 7.98. The molecule has 2 rings (SSSR count). The maximum Gasteiger partial charge on any atom is 0.0765 e. The predicted octanol–water partition coefficient (Wildman–Crippen LogP) is 3.45. The van der Waals surface area contributed by atoms with E-state index in [-0.39, 0.29) is 0 Å². The number of rotatable bonds is 5. The number of nitrogens with one attached hydrogen (secondary N) is 1. The van der Waals surface area contributed by atoms with Crippen LogP contribution in [0, 0.1) is 6.92 Å². The number of benzene rings is 1. The summed E-state index contributed by atoms with van der Waals surface area (Å²) in [6.45, 7) is 10.6. The quantitative estimate of drug-likeness (QED) is 0.818. The molecular formula is C17H25ClN2O. The molecular weight excluding hydrogens is 284 g/mol. The molecule has 0 amide bonds. The van der Waals surface area contributed by atoms with Crippen molar-refractivity contribution in [3.63, 3.8) is 0 Å². The molecule has 1 fully saturated rings. The molecule has 4 heteroatoms. The molecule has 0 saturated carbocycles. The Morgan fingerprint density at radius 1 is 1.48 bits per heavy atom. The lowest BCUT2D eigenvalue weighted by Gasteiger charge is -2.37. The fourth-order valence-corrected chi connectivity index (χ4v) is 3.34. The normalized spacial score (nSPS) is 17.5. The second-order valence-corrected chi connectivity index (χ2v) is 6.17. The van der Waals surface area contributed by atoms with E-state index in [0.717, 1.165) is 49.3 Å². The lowest BCUT2D eigenvalue weighted by atomic mass is 9.98. The molecule has 2 N–H and O–H groups in total. The fraction of sp³-hybridized carbons (Fsp3) is 0.529. The standard InChI is InChI=1S/C17H25ClN2O/c1-4-9-20(15-5-7-19-8-6-15)17-11-14(18)10-16(12(17)2)13(3)21/h4,10-11,13,15,19,21H,1,5-9H2,2-3H3. The van der Waals surface area contributed by atoms with E-state index in [0.29, 0.717) is 11.1 Å². The number of hydrogen-bond acceptors (Lipinski definition) is 3. The molecule has 0 spiro atoms. The van der Waals surface area contributed by atoms with Crippen LogP contribution >= 0.6 is 11.6 Å². The third-order valence-electron chi connectivity index (χ3n) is 4.22. The van der Waals surface area contributed by atoms with Crippen LogP contribution in [0.25, 0.3) is 0 Å². The minimum atomic E-state index is -0.513. The minimum absolute atomic E-state index is 0.489. The molecule has 116 valence electrons. The van der Waals surface area contributed by atoms with Gasteiger partial charge in [0.25, 0.3) is 0 Å². The molecule has 1 atom stereocenters. The maximum absolute atomic E-state index is 9.97. The van der Waals surface area contributed by atoms with Crippen molar-refractivity contribution in [1.82, 2.24) is 5.32 Å². The van der Waals surface area contributed by atoms with Crippen LogP contribution in [0.4, 0.5) is 5.69 Å². The van der Waals surface area contributed by atoms with Crippen LogP contribution in [0.5, 0.6) is 0 Å². The summed E-state index contributed by atoms with van der Waals surface area (Å²) >= 11 is 6.27. The van der Waals surface area contributed by atoms with Gasteiger partial charge in [-0.2, -0.15) is 0 Å². The second kappa shape index (κ2) is 7.30. The van der Waals surface area contributed by atoms with E-state index in [1.165, 1.54) is 0 Å². The summed E-state index contributed by atoms with van der Waals surface area (Å²) in [7, 11) is 0. The molecule has 1 heterocycles. The number of aliphatic hydroxyl groups excluding tert-OH is 1. The SMILES string of the molecule is C=CCN(c1cc(Cl)cc(C(C)O)c1C)C1CCNCC1. The third-order valence-corrected chi connectivity index (χ3v) is 4.44. The van der Waals surface area contributed by atoms with E-state index in [1.807, 2.05) is 18.2 Å². The molecule has 21 heavy (non-hydrogen) atoms. The average Bonchev–Trinajstić information content (AvgIpc) is 2.47. The van der Waals surface area contributed by atoms with Gasteiger partial charge >= 0.3 is 0 Å². The van der Waals surface area contributed by atoms with Crippen molar-refractivity contribution in [1.29, 1.82) is 0 Å². The summed E-state index contributed by atoms with van der Waals surface area (Å²) in [5.41, 5.74) is 3.13. The monoisotopic (exact) mass is 308 g/mol. The molecule has 1 aromatic carbocycles. The van der Waals surface area contributed by atoms with Gasteiger partial charge in [-0.1, -0.05) is 17.7 Å². The van der Waals surface area contributed by atoms with Crippen LogP contribution in [-0.4, -0.2) is 30.8 Å². The Bertz CT molecular complexity index is 496. The van der Waals surface area contributed by atoms with Crippen LogP contribution in [0.1, 0.15) is 37.0 Å². The lowest BCUT2D eigenvalue weighted by Crippen LogP contribution is -2.43. The van der Waals surface area contributed by atoms with Crippen LogP contribution in [-0.2, 0) is 0 Å². The number of anilines is 1. The minimum Gasteiger partial charge on any atom is -0.389 e. The highest BCUT2D eigenvalue weighted by atomic mass is 35.5. The second-order valence-electron chi connectivity index (χ2n) is 5.74. The van der Waals surface area contributed by atoms with Crippen molar-refractivity contribution in [3.8, 4) is 0 Å². The van der Waals surface area contributed by atoms with Crippen LogP contribution in [0.3, 0.4) is 0 Å². The highest BCUT2D eigenvalue weighted by molar-refractivity contribution is 6.31. The first kappa shape index (κ1) is 16.3. The van der Waals surface area contributed by atoms with Crippen LogP contribution in [0.15, 0.2) is 24.8 Å². The summed E-state index contributed by atoms with van der Waals surface area (Å²) in [5, 5.41) is 14.0. The number of nitrogens with zero attached hydrogens (tertiary/aromatic N) is 1. The van der Waals surface area contributed by atoms with Gasteiger partial charge in [0.15, 0.2) is 0 Å². The molecule has 1 unspecified atom stereocenters. The van der Waals surface area contributed by atoms with Gasteiger partial charge in [0.05, 0.1) is 6.10 Å². The topological polar surface area (TPSA) is 35.5 Å². The molecule has 0 aromatic heterocycles. The Morgan fingerprint density at radius 2 is 2.14 bits per heavy atom. The van der Waals surface area contributed by atoms with Gasteiger partial charge in [0, 0.05) is 23.3 Å². The maximum atomic E-state index is 9.97. The Balaban J connectivity index is 2.41. The Labute approximate surface area is 132 Å². The van der Waals surface area contributed by atoms with E-state index < -0.39 is 6.10 Å². The molecule has 1 aliphatic rings. The zero-order valence-electron chi connectivity index (χ0n) is 12.9. The van der Waals surface area contributed by atoms with E-state index in [9.17, 15) is 5.11 Å². The number of hydrogen-bond donors (Lipinski definition) is 2. The summed E-state index contributed by atoms with van der Waals surface area (Å²) in [5.74, 6) is 0. The smallest absolute Gasteiger partial charge is 0.0765 e. The molecule has 1 saturated heterocycles. The largest absolute Gasteiger partial charge is 0.389 e. The summed E-state index contributed by atoms with van der Waals surface area (Å²) in [4.78, 5) is 2.38. The number of piperidine rings is 1. The number of halogens is 1. The van der Waals surface area contributed by atoms with E-state index in [2.05, 4.69) is 23.7 Å². The lowest BCUT2D eigenvalue weighted by molar-refractivity contribution is 0.198. The van der Waals surface area contributed by atoms with Gasteiger partial charge in [-0.3, -0.25) is 0 Å². The molecule has 3 nitrogen and oxygen atoms in total. The summed E-state index contributed by atoms with van der Waals surface area (Å²) in [6.07, 6.45) is 3.65. The van der Waals surface area contributed by atoms with Crippen molar-refractivity contribution >= 4 is 17.3 Å². The van der Waals surface area contributed by atoms with E-state index in [1.54, 1.807) is 6.92 Å². The average molecular weight is 309 g/mol. The van der Waals surface area contributed by atoms with Crippen molar-refractivity contribution in [2.24, 2.45) is 0 Å². The molecule has 1 aliphatic heterocycles. The Morgan fingerprint density at radius 3 is 2.71 bits per heavy atom. The first-order valence-electron chi connectivity index (χ1n) is 7.61. The highest BCUT2D eigenvalue weighted by Gasteiger charge is 2.23. The fourth-order valence-electron chi connectivity index (χ4n) is 3.12. The Kier molecular flexibility index (Phi) is 5.68. The Hall–Kier alpha value is -1.03. The zero-order valence-corrected chi connectivity index (χ0v) is 13.7. The van der Waals surface area contributed by atoms with Gasteiger partial charge in [-0.25, -0.2) is 0 Å². The van der Waals surface area contributed by atoms with Crippen molar-refractivity contribution in [2.45, 2.75) is 38.8 Å². The van der Waals surface area contributed by atoms with Gasteiger partial charge < -0.3 is 15.3 Å². The molecule has 0 bridgehead atoms. The van der Waals surface area contributed by atoms with Crippen molar-refractivity contribution in [3.05, 3.63) is 40.9 Å². The highest BCUT2D eigenvalue weighted by Crippen LogP contribution is 2.33. The van der Waals surface area contributed by atoms with Gasteiger partial charge in [-0.05, 0) is 63.0 Å². The molecule has 0 aliphatic carbocycles. The number of aliphatic hydroxyl groups is 1. The zero-order chi connectivity index (χ0) is 15.4. The van der Waals surface area contributed by atoms with E-state index in [4.69, 9.17) is 11.6 Å². The summed E-state index contributed by atoms with van der Waals surface area (Å²) < 4.78 is 0.